The number of aromatic nitrogens is 2. The van der Waals surface area contributed by atoms with Gasteiger partial charge in [0.15, 0.2) is 0 Å². The Bertz CT molecular complexity index is 1010. The molecule has 0 saturated carbocycles. The molecule has 0 aliphatic heterocycles. The molecule has 0 saturated heterocycles. The number of amides is 2. The summed E-state index contributed by atoms with van der Waals surface area (Å²) in [6.07, 6.45) is 0.385. The van der Waals surface area contributed by atoms with E-state index in [1.807, 2.05) is 43.3 Å². The maximum atomic E-state index is 12.2. The van der Waals surface area contributed by atoms with Gasteiger partial charge in [-0.2, -0.15) is 4.98 Å². The van der Waals surface area contributed by atoms with E-state index in [2.05, 4.69) is 39.7 Å². The van der Waals surface area contributed by atoms with Gasteiger partial charge in [-0.05, 0) is 45.0 Å². The van der Waals surface area contributed by atoms with E-state index in [9.17, 15) is 9.59 Å². The Morgan fingerprint density at radius 2 is 1.65 bits per heavy atom. The number of hydrogen-bond acceptors (Lipinski definition) is 6. The number of rotatable bonds is 8. The van der Waals surface area contributed by atoms with Gasteiger partial charge in [-0.25, -0.2) is 0 Å². The zero-order valence-electron chi connectivity index (χ0n) is 18.0. The molecule has 3 aromatic rings. The van der Waals surface area contributed by atoms with Crippen molar-refractivity contribution in [2.75, 3.05) is 18.0 Å². The van der Waals surface area contributed by atoms with E-state index in [0.29, 0.717) is 17.3 Å². The molecule has 0 fully saturated rings. The van der Waals surface area contributed by atoms with Gasteiger partial charge in [0.2, 0.25) is 17.6 Å². The van der Waals surface area contributed by atoms with E-state index in [4.69, 9.17) is 4.52 Å². The third-order valence-electron chi connectivity index (χ3n) is 4.92. The Hall–Kier alpha value is -3.68. The molecule has 1 heterocycles. The summed E-state index contributed by atoms with van der Waals surface area (Å²) in [4.78, 5) is 30.8. The molecule has 162 valence electrons. The minimum Gasteiger partial charge on any atom is -0.372 e. The van der Waals surface area contributed by atoms with Gasteiger partial charge in [0, 0.05) is 42.7 Å². The van der Waals surface area contributed by atoms with Crippen molar-refractivity contribution in [2.45, 2.75) is 33.6 Å². The SMILES string of the molecule is CCN(CC)c1ccc(C(=O)NNC(=O)CCc2nc(-c3ccc(C)cc3)no2)cc1. The van der Waals surface area contributed by atoms with E-state index >= 15 is 0 Å². The number of hydrogen-bond donors (Lipinski definition) is 2. The summed E-state index contributed by atoms with van der Waals surface area (Å²) >= 11 is 0. The molecule has 0 aliphatic carbocycles. The highest BCUT2D eigenvalue weighted by molar-refractivity contribution is 5.95. The lowest BCUT2D eigenvalue weighted by molar-refractivity contribution is -0.121. The van der Waals surface area contributed by atoms with Gasteiger partial charge in [0.1, 0.15) is 0 Å². The Morgan fingerprint density at radius 3 is 2.29 bits per heavy atom. The molecule has 2 amide bonds. The fraction of sp³-hybridized carbons (Fsp3) is 0.304. The summed E-state index contributed by atoms with van der Waals surface area (Å²) in [7, 11) is 0. The topological polar surface area (TPSA) is 100 Å². The molecule has 0 spiro atoms. The van der Waals surface area contributed by atoms with E-state index in [-0.39, 0.29) is 24.7 Å². The minimum atomic E-state index is -0.376. The number of anilines is 1. The van der Waals surface area contributed by atoms with Crippen LogP contribution in [-0.2, 0) is 11.2 Å². The van der Waals surface area contributed by atoms with Crippen molar-refractivity contribution in [3.05, 3.63) is 65.5 Å². The summed E-state index contributed by atoms with van der Waals surface area (Å²) in [5.41, 5.74) is 8.36. The Balaban J connectivity index is 1.46. The first-order valence-electron chi connectivity index (χ1n) is 10.3. The summed E-state index contributed by atoms with van der Waals surface area (Å²) in [6.45, 7) is 7.95. The average molecular weight is 422 g/mol. The first-order chi connectivity index (χ1) is 15.0. The predicted octanol–water partition coefficient (Wildman–Crippen LogP) is 3.29. The number of benzene rings is 2. The zero-order chi connectivity index (χ0) is 22.2. The van der Waals surface area contributed by atoms with Crippen molar-refractivity contribution in [3.63, 3.8) is 0 Å². The van der Waals surface area contributed by atoms with Crippen LogP contribution in [0.15, 0.2) is 53.1 Å². The lowest BCUT2D eigenvalue weighted by Gasteiger charge is -2.21. The third-order valence-corrected chi connectivity index (χ3v) is 4.92. The van der Waals surface area contributed by atoms with Crippen LogP contribution in [0.3, 0.4) is 0 Å². The van der Waals surface area contributed by atoms with Gasteiger partial charge in [-0.3, -0.25) is 20.4 Å². The van der Waals surface area contributed by atoms with Crippen LogP contribution >= 0.6 is 0 Å². The second-order valence-corrected chi connectivity index (χ2v) is 7.10. The number of nitrogens with one attached hydrogen (secondary N) is 2. The van der Waals surface area contributed by atoms with Crippen LogP contribution < -0.4 is 15.8 Å². The summed E-state index contributed by atoms with van der Waals surface area (Å²) in [6, 6.07) is 15.0. The number of carbonyl (C=O) groups excluding carboxylic acids is 2. The highest BCUT2D eigenvalue weighted by Crippen LogP contribution is 2.17. The second-order valence-electron chi connectivity index (χ2n) is 7.10. The molecule has 3 rings (SSSR count). The van der Waals surface area contributed by atoms with Crippen molar-refractivity contribution < 1.29 is 14.1 Å². The number of nitrogens with zero attached hydrogens (tertiary/aromatic N) is 3. The van der Waals surface area contributed by atoms with Crippen molar-refractivity contribution in [1.29, 1.82) is 0 Å². The largest absolute Gasteiger partial charge is 0.372 e. The maximum Gasteiger partial charge on any atom is 0.269 e. The summed E-state index contributed by atoms with van der Waals surface area (Å²) in [5.74, 6) is 0.128. The fourth-order valence-corrected chi connectivity index (χ4v) is 3.07. The number of carbonyl (C=O) groups is 2. The normalized spacial score (nSPS) is 10.5. The standard InChI is InChI=1S/C23H27N5O3/c1-4-28(5-2)19-12-10-18(11-13-19)23(30)26-25-20(29)14-15-21-24-22(27-31-21)17-8-6-16(3)7-9-17/h6-13H,4-5,14-15H2,1-3H3,(H,25,29)(H,26,30). The summed E-state index contributed by atoms with van der Waals surface area (Å²) < 4.78 is 5.21. The van der Waals surface area contributed by atoms with Crippen molar-refractivity contribution in [2.24, 2.45) is 0 Å². The van der Waals surface area contributed by atoms with Crippen LogP contribution in [0, 0.1) is 6.92 Å². The van der Waals surface area contributed by atoms with Crippen LogP contribution in [0.25, 0.3) is 11.4 Å². The zero-order valence-corrected chi connectivity index (χ0v) is 18.0. The van der Waals surface area contributed by atoms with Crippen molar-refractivity contribution >= 4 is 17.5 Å². The van der Waals surface area contributed by atoms with Crippen LogP contribution in [0.2, 0.25) is 0 Å². The van der Waals surface area contributed by atoms with Crippen molar-refractivity contribution in [3.8, 4) is 11.4 Å². The third kappa shape index (κ3) is 5.91. The quantitative estimate of drug-likeness (QED) is 0.542. The van der Waals surface area contributed by atoms with Gasteiger partial charge in [-0.15, -0.1) is 0 Å². The molecule has 0 aliphatic rings. The molecule has 8 heteroatoms. The lowest BCUT2D eigenvalue weighted by atomic mass is 10.1. The summed E-state index contributed by atoms with van der Waals surface area (Å²) in [5, 5.41) is 3.95. The first-order valence-corrected chi connectivity index (χ1v) is 10.3. The van der Waals surface area contributed by atoms with Crippen LogP contribution in [0.4, 0.5) is 5.69 Å². The molecule has 31 heavy (non-hydrogen) atoms. The number of aryl methyl sites for hydroxylation is 2. The lowest BCUT2D eigenvalue weighted by Crippen LogP contribution is -2.41. The van der Waals surface area contributed by atoms with E-state index < -0.39 is 0 Å². The molecule has 2 aromatic carbocycles. The minimum absolute atomic E-state index is 0.108. The number of hydrazine groups is 1. The van der Waals surface area contributed by atoms with E-state index in [0.717, 1.165) is 29.9 Å². The van der Waals surface area contributed by atoms with Gasteiger partial charge in [0.25, 0.3) is 5.91 Å². The molecule has 1 aromatic heterocycles. The fourth-order valence-electron chi connectivity index (χ4n) is 3.07. The smallest absolute Gasteiger partial charge is 0.269 e. The highest BCUT2D eigenvalue weighted by Gasteiger charge is 2.12. The molecule has 0 radical (unpaired) electrons. The molecule has 8 nitrogen and oxygen atoms in total. The van der Waals surface area contributed by atoms with E-state index in [1.165, 1.54) is 0 Å². The van der Waals surface area contributed by atoms with E-state index in [1.54, 1.807) is 12.1 Å². The van der Waals surface area contributed by atoms with Crippen molar-refractivity contribution in [1.82, 2.24) is 21.0 Å². The monoisotopic (exact) mass is 421 g/mol. The second kappa shape index (κ2) is 10.4. The molecule has 0 atom stereocenters. The predicted molar refractivity (Wildman–Crippen MR) is 118 cm³/mol. The average Bonchev–Trinajstić information content (AvgIpc) is 3.27. The molecular formula is C23H27N5O3. The Morgan fingerprint density at radius 1 is 0.968 bits per heavy atom. The first kappa shape index (κ1) is 22.0. The van der Waals surface area contributed by atoms with Crippen LogP contribution in [0.5, 0.6) is 0 Å². The van der Waals surface area contributed by atoms with Gasteiger partial charge in [0.05, 0.1) is 0 Å². The van der Waals surface area contributed by atoms with Gasteiger partial charge in [-0.1, -0.05) is 35.0 Å². The van der Waals surface area contributed by atoms with Crippen LogP contribution in [0.1, 0.15) is 42.1 Å². The molecule has 0 unspecified atom stereocenters. The maximum absolute atomic E-state index is 12.2. The van der Waals surface area contributed by atoms with Gasteiger partial charge >= 0.3 is 0 Å². The van der Waals surface area contributed by atoms with Crippen LogP contribution in [-0.4, -0.2) is 35.0 Å². The highest BCUT2D eigenvalue weighted by atomic mass is 16.5. The molecule has 2 N–H and O–H groups in total. The van der Waals surface area contributed by atoms with Gasteiger partial charge < -0.3 is 9.42 Å². The molecule has 0 bridgehead atoms. The Labute approximate surface area is 181 Å². The Kier molecular flexibility index (Phi) is 7.37. The molecular weight excluding hydrogens is 394 g/mol.